The lowest BCUT2D eigenvalue weighted by Gasteiger charge is -2.18. The molecule has 0 amide bonds. The van der Waals surface area contributed by atoms with E-state index in [0.717, 1.165) is 5.56 Å². The first-order chi connectivity index (χ1) is 10.3. The van der Waals surface area contributed by atoms with Gasteiger partial charge in [-0.2, -0.15) is 12.6 Å². The molecule has 1 N–H and O–H groups in total. The Morgan fingerprint density at radius 1 is 1.23 bits per heavy atom. The third-order valence-electron chi connectivity index (χ3n) is 3.50. The molecule has 4 nitrogen and oxygen atoms in total. The summed E-state index contributed by atoms with van der Waals surface area (Å²) < 4.78 is 3.03. The zero-order chi connectivity index (χ0) is 16.3. The van der Waals surface area contributed by atoms with Crippen LogP contribution in [0.2, 0.25) is 0 Å². The largest absolute Gasteiger partial charge is 0.493 e. The summed E-state index contributed by atoms with van der Waals surface area (Å²) in [5, 5.41) is 10.2. The number of rotatable bonds is 5. The standard InChI is InChI=1S/C17H24N2O2S/c1-17(2,3)12-18-10-15(20)19(16(18)21)14(11-22)9-13-7-5-4-6-8-13/h4-8,10,14,20,22H,9,11-12H2,1-3H3. The smallest absolute Gasteiger partial charge is 0.331 e. The van der Waals surface area contributed by atoms with Crippen molar-refractivity contribution in [1.82, 2.24) is 9.13 Å². The molecule has 2 aromatic rings. The van der Waals surface area contributed by atoms with E-state index in [9.17, 15) is 9.90 Å². The fourth-order valence-corrected chi connectivity index (χ4v) is 2.88. The first-order valence-corrected chi connectivity index (χ1v) is 8.10. The Kier molecular flexibility index (Phi) is 5.06. The van der Waals surface area contributed by atoms with Crippen LogP contribution in [0.4, 0.5) is 0 Å². The fourth-order valence-electron chi connectivity index (χ4n) is 2.58. The van der Waals surface area contributed by atoms with E-state index in [4.69, 9.17) is 0 Å². The second-order valence-electron chi connectivity index (χ2n) is 6.85. The van der Waals surface area contributed by atoms with Gasteiger partial charge in [0.25, 0.3) is 0 Å². The van der Waals surface area contributed by atoms with E-state index in [2.05, 4.69) is 33.4 Å². The second-order valence-corrected chi connectivity index (χ2v) is 7.22. The minimum atomic E-state index is -0.178. The predicted molar refractivity (Wildman–Crippen MR) is 92.8 cm³/mol. The summed E-state index contributed by atoms with van der Waals surface area (Å²) >= 11 is 4.37. The van der Waals surface area contributed by atoms with Crippen LogP contribution in [0.25, 0.3) is 0 Å². The molecule has 0 saturated carbocycles. The third-order valence-corrected chi connectivity index (χ3v) is 3.93. The molecule has 0 radical (unpaired) electrons. The Hall–Kier alpha value is -1.62. The van der Waals surface area contributed by atoms with Crippen LogP contribution >= 0.6 is 12.6 Å². The van der Waals surface area contributed by atoms with Crippen molar-refractivity contribution in [3.05, 3.63) is 52.6 Å². The van der Waals surface area contributed by atoms with Crippen LogP contribution in [0.5, 0.6) is 5.88 Å². The first kappa shape index (κ1) is 16.7. The SMILES string of the molecule is CC(C)(C)Cn1cc(O)n(C(CS)Cc2ccccc2)c1=O. The maximum Gasteiger partial charge on any atom is 0.331 e. The van der Waals surface area contributed by atoms with Crippen molar-refractivity contribution < 1.29 is 5.11 Å². The molecule has 1 aromatic carbocycles. The van der Waals surface area contributed by atoms with Crippen LogP contribution in [-0.2, 0) is 13.0 Å². The maximum absolute atomic E-state index is 12.6. The summed E-state index contributed by atoms with van der Waals surface area (Å²) in [5.74, 6) is 0.492. The Morgan fingerprint density at radius 3 is 2.41 bits per heavy atom. The van der Waals surface area contributed by atoms with Crippen LogP contribution < -0.4 is 5.69 Å². The van der Waals surface area contributed by atoms with Crippen LogP contribution in [0.1, 0.15) is 32.4 Å². The zero-order valence-corrected chi connectivity index (χ0v) is 14.3. The number of hydrogen-bond acceptors (Lipinski definition) is 3. The molecule has 2 rings (SSSR count). The van der Waals surface area contributed by atoms with E-state index >= 15 is 0 Å². The van der Waals surface area contributed by atoms with Gasteiger partial charge in [0.05, 0.1) is 12.2 Å². The van der Waals surface area contributed by atoms with Crippen molar-refractivity contribution in [2.45, 2.75) is 39.8 Å². The van der Waals surface area contributed by atoms with Crippen molar-refractivity contribution >= 4 is 12.6 Å². The minimum Gasteiger partial charge on any atom is -0.493 e. The van der Waals surface area contributed by atoms with Gasteiger partial charge in [0.2, 0.25) is 5.88 Å². The summed E-state index contributed by atoms with van der Waals surface area (Å²) in [6.07, 6.45) is 2.19. The molecule has 0 bridgehead atoms. The van der Waals surface area contributed by atoms with Crippen LogP contribution in [0.3, 0.4) is 0 Å². The highest BCUT2D eigenvalue weighted by molar-refractivity contribution is 7.80. The zero-order valence-electron chi connectivity index (χ0n) is 13.4. The Morgan fingerprint density at radius 2 is 1.86 bits per heavy atom. The number of aromatic hydroxyl groups is 1. The van der Waals surface area contributed by atoms with Crippen molar-refractivity contribution in [3.8, 4) is 5.88 Å². The molecule has 1 atom stereocenters. The minimum absolute atomic E-state index is 0.00392. The summed E-state index contributed by atoms with van der Waals surface area (Å²) in [6, 6.07) is 9.77. The lowest BCUT2D eigenvalue weighted by Crippen LogP contribution is -2.31. The molecule has 1 unspecified atom stereocenters. The lowest BCUT2D eigenvalue weighted by atomic mass is 9.97. The molecule has 0 aliphatic rings. The van der Waals surface area contributed by atoms with Gasteiger partial charge in [0, 0.05) is 12.3 Å². The van der Waals surface area contributed by atoms with Crippen LogP contribution in [-0.4, -0.2) is 20.0 Å². The molecular weight excluding hydrogens is 296 g/mol. The fraction of sp³-hybridized carbons (Fsp3) is 0.471. The Bertz CT molecular complexity index is 668. The van der Waals surface area contributed by atoms with Gasteiger partial charge in [0.1, 0.15) is 0 Å². The van der Waals surface area contributed by atoms with Gasteiger partial charge in [-0.05, 0) is 17.4 Å². The molecule has 0 aliphatic heterocycles. The molecule has 0 aliphatic carbocycles. The van der Waals surface area contributed by atoms with E-state index in [-0.39, 0.29) is 23.0 Å². The molecule has 0 spiro atoms. The third kappa shape index (κ3) is 3.97. The Balaban J connectivity index is 2.32. The van der Waals surface area contributed by atoms with Crippen LogP contribution in [0.15, 0.2) is 41.3 Å². The average Bonchev–Trinajstić information content (AvgIpc) is 2.70. The van der Waals surface area contributed by atoms with Gasteiger partial charge in [-0.3, -0.25) is 9.13 Å². The molecule has 22 heavy (non-hydrogen) atoms. The maximum atomic E-state index is 12.6. The summed E-state index contributed by atoms with van der Waals surface area (Å²) in [4.78, 5) is 12.6. The molecule has 0 saturated heterocycles. The quantitative estimate of drug-likeness (QED) is 0.832. The number of thiol groups is 1. The van der Waals surface area contributed by atoms with E-state index in [0.29, 0.717) is 18.7 Å². The Labute approximate surface area is 136 Å². The van der Waals surface area contributed by atoms with Gasteiger partial charge < -0.3 is 5.11 Å². The number of imidazole rings is 1. The lowest BCUT2D eigenvalue weighted by molar-refractivity contribution is 0.334. The van der Waals surface area contributed by atoms with Gasteiger partial charge in [-0.1, -0.05) is 51.1 Å². The normalized spacial score (nSPS) is 13.3. The molecule has 0 fully saturated rings. The van der Waals surface area contributed by atoms with Crippen molar-refractivity contribution in [3.63, 3.8) is 0 Å². The van der Waals surface area contributed by atoms with Gasteiger partial charge in [-0.25, -0.2) is 4.79 Å². The summed E-state index contributed by atoms with van der Waals surface area (Å²) in [7, 11) is 0. The van der Waals surface area contributed by atoms with E-state index in [1.807, 2.05) is 30.3 Å². The second kappa shape index (κ2) is 6.65. The summed E-state index contributed by atoms with van der Waals surface area (Å²) in [5.41, 5.74) is 0.914. The highest BCUT2D eigenvalue weighted by atomic mass is 32.1. The number of benzene rings is 1. The highest BCUT2D eigenvalue weighted by Gasteiger charge is 2.21. The van der Waals surface area contributed by atoms with E-state index in [1.165, 1.54) is 10.8 Å². The van der Waals surface area contributed by atoms with E-state index in [1.54, 1.807) is 4.57 Å². The summed E-state index contributed by atoms with van der Waals surface area (Å²) in [6.45, 7) is 6.76. The molecule has 5 heteroatoms. The molecule has 1 heterocycles. The van der Waals surface area contributed by atoms with Crippen molar-refractivity contribution in [2.24, 2.45) is 5.41 Å². The van der Waals surface area contributed by atoms with Crippen LogP contribution in [0, 0.1) is 5.41 Å². The van der Waals surface area contributed by atoms with Gasteiger partial charge in [-0.15, -0.1) is 0 Å². The van der Waals surface area contributed by atoms with Gasteiger partial charge >= 0.3 is 5.69 Å². The molecule has 120 valence electrons. The average molecular weight is 320 g/mol. The number of nitrogens with zero attached hydrogens (tertiary/aromatic N) is 2. The highest BCUT2D eigenvalue weighted by Crippen LogP contribution is 2.22. The van der Waals surface area contributed by atoms with E-state index < -0.39 is 0 Å². The topological polar surface area (TPSA) is 47.2 Å². The first-order valence-electron chi connectivity index (χ1n) is 7.47. The van der Waals surface area contributed by atoms with Crippen molar-refractivity contribution in [2.75, 3.05) is 5.75 Å². The number of hydrogen-bond donors (Lipinski definition) is 2. The monoisotopic (exact) mass is 320 g/mol. The molecule has 1 aromatic heterocycles. The predicted octanol–water partition coefficient (Wildman–Crippen LogP) is 3.12. The number of aromatic nitrogens is 2. The molecular formula is C17H24N2O2S. The van der Waals surface area contributed by atoms with Gasteiger partial charge in [0.15, 0.2) is 0 Å². The van der Waals surface area contributed by atoms with Crippen molar-refractivity contribution in [1.29, 1.82) is 0 Å².